The average molecular weight is 264 g/mol. The Labute approximate surface area is 117 Å². The lowest BCUT2D eigenvalue weighted by Crippen LogP contribution is -2.26. The number of hydrogen-bond acceptors (Lipinski definition) is 3. The van der Waals surface area contributed by atoms with Crippen LogP contribution >= 0.6 is 0 Å². The molecular weight excluding hydrogens is 236 g/mol. The average Bonchev–Trinajstić information content (AvgIpc) is 2.85. The molecule has 1 aromatic rings. The van der Waals surface area contributed by atoms with E-state index < -0.39 is 0 Å². The summed E-state index contributed by atoms with van der Waals surface area (Å²) in [6.07, 6.45) is 2.21. The van der Waals surface area contributed by atoms with Crippen LogP contribution in [-0.2, 0) is 13.5 Å². The fourth-order valence-electron chi connectivity index (χ4n) is 3.17. The van der Waals surface area contributed by atoms with E-state index in [0.717, 1.165) is 37.0 Å². The van der Waals surface area contributed by atoms with Crippen molar-refractivity contribution in [3.8, 4) is 0 Å². The third kappa shape index (κ3) is 2.94. The molecule has 2 rings (SSSR count). The van der Waals surface area contributed by atoms with Crippen molar-refractivity contribution in [1.82, 2.24) is 9.78 Å². The molecule has 0 aromatic carbocycles. The lowest BCUT2D eigenvalue weighted by atomic mass is 9.95. The van der Waals surface area contributed by atoms with Gasteiger partial charge in [-0.1, -0.05) is 13.8 Å². The van der Waals surface area contributed by atoms with E-state index in [1.807, 2.05) is 4.68 Å². The zero-order chi connectivity index (χ0) is 14.2. The highest BCUT2D eigenvalue weighted by Gasteiger charge is 2.29. The van der Waals surface area contributed by atoms with Crippen LogP contribution in [-0.4, -0.2) is 28.9 Å². The van der Waals surface area contributed by atoms with E-state index >= 15 is 0 Å². The predicted octanol–water partition coefficient (Wildman–Crippen LogP) is 2.10. The Morgan fingerprint density at radius 3 is 2.58 bits per heavy atom. The van der Waals surface area contributed by atoms with Crippen molar-refractivity contribution in [2.45, 2.75) is 46.6 Å². The monoisotopic (exact) mass is 264 g/mol. The van der Waals surface area contributed by atoms with Gasteiger partial charge in [0.2, 0.25) is 0 Å². The molecule has 1 aromatic heterocycles. The molecule has 2 heterocycles. The highest BCUT2D eigenvalue weighted by molar-refractivity contribution is 5.51. The fourth-order valence-corrected chi connectivity index (χ4v) is 3.17. The standard InChI is InChI=1S/C15H28N4/c1-10(2)13-6-7-19(9-13)15-14(8-11(3)16)12(4)17-18(15)5/h10-11,13H,6-9,16H2,1-5H3. The van der Waals surface area contributed by atoms with E-state index in [-0.39, 0.29) is 6.04 Å². The molecule has 0 saturated carbocycles. The second-order valence-corrected chi connectivity index (χ2v) is 6.43. The van der Waals surface area contributed by atoms with Gasteiger partial charge < -0.3 is 10.6 Å². The van der Waals surface area contributed by atoms with Gasteiger partial charge in [0.15, 0.2) is 0 Å². The van der Waals surface area contributed by atoms with Gasteiger partial charge in [0.05, 0.1) is 5.69 Å². The molecule has 0 amide bonds. The first-order valence-electron chi connectivity index (χ1n) is 7.43. The van der Waals surface area contributed by atoms with Crippen molar-refractivity contribution in [3.63, 3.8) is 0 Å². The maximum atomic E-state index is 5.99. The minimum Gasteiger partial charge on any atom is -0.356 e. The van der Waals surface area contributed by atoms with Gasteiger partial charge in [-0.2, -0.15) is 5.10 Å². The third-order valence-corrected chi connectivity index (χ3v) is 4.31. The molecule has 2 atom stereocenters. The number of rotatable bonds is 4. The van der Waals surface area contributed by atoms with Gasteiger partial charge in [-0.15, -0.1) is 0 Å². The molecule has 2 N–H and O–H groups in total. The third-order valence-electron chi connectivity index (χ3n) is 4.31. The molecule has 1 aliphatic heterocycles. The van der Waals surface area contributed by atoms with Gasteiger partial charge in [0.25, 0.3) is 0 Å². The maximum Gasteiger partial charge on any atom is 0.130 e. The highest BCUT2D eigenvalue weighted by atomic mass is 15.4. The molecule has 108 valence electrons. The number of hydrogen-bond donors (Lipinski definition) is 1. The van der Waals surface area contributed by atoms with Gasteiger partial charge in [-0.3, -0.25) is 4.68 Å². The molecule has 1 aliphatic rings. The molecule has 0 radical (unpaired) electrons. The fraction of sp³-hybridized carbons (Fsp3) is 0.800. The number of anilines is 1. The Morgan fingerprint density at radius 1 is 1.37 bits per heavy atom. The van der Waals surface area contributed by atoms with Crippen molar-refractivity contribution in [2.75, 3.05) is 18.0 Å². The molecule has 0 spiro atoms. The van der Waals surface area contributed by atoms with Crippen LogP contribution in [0.5, 0.6) is 0 Å². The first-order chi connectivity index (χ1) is 8.90. The second-order valence-electron chi connectivity index (χ2n) is 6.43. The van der Waals surface area contributed by atoms with Crippen molar-refractivity contribution in [2.24, 2.45) is 24.6 Å². The summed E-state index contributed by atoms with van der Waals surface area (Å²) >= 11 is 0. The summed E-state index contributed by atoms with van der Waals surface area (Å²) in [6, 6.07) is 0.185. The van der Waals surface area contributed by atoms with E-state index in [1.165, 1.54) is 17.8 Å². The van der Waals surface area contributed by atoms with Crippen molar-refractivity contribution < 1.29 is 0 Å². The van der Waals surface area contributed by atoms with Crippen LogP contribution in [0.2, 0.25) is 0 Å². The SMILES string of the molecule is Cc1nn(C)c(N2CCC(C(C)C)C2)c1CC(C)N. The van der Waals surface area contributed by atoms with Gasteiger partial charge in [0.1, 0.15) is 5.82 Å². The van der Waals surface area contributed by atoms with E-state index in [1.54, 1.807) is 0 Å². The molecule has 4 heteroatoms. The smallest absolute Gasteiger partial charge is 0.130 e. The summed E-state index contributed by atoms with van der Waals surface area (Å²) in [6.45, 7) is 11.1. The maximum absolute atomic E-state index is 5.99. The minimum absolute atomic E-state index is 0.185. The summed E-state index contributed by atoms with van der Waals surface area (Å²) in [4.78, 5) is 2.50. The van der Waals surface area contributed by atoms with Crippen LogP contribution < -0.4 is 10.6 Å². The van der Waals surface area contributed by atoms with Crippen LogP contribution in [0.1, 0.15) is 38.4 Å². The van der Waals surface area contributed by atoms with E-state index in [9.17, 15) is 0 Å². The van der Waals surface area contributed by atoms with E-state index in [0.29, 0.717) is 0 Å². The normalized spacial score (nSPS) is 21.4. The van der Waals surface area contributed by atoms with E-state index in [2.05, 4.69) is 44.7 Å². The molecular formula is C15H28N4. The first-order valence-corrected chi connectivity index (χ1v) is 7.43. The largest absolute Gasteiger partial charge is 0.356 e. The lowest BCUT2D eigenvalue weighted by Gasteiger charge is -2.22. The quantitative estimate of drug-likeness (QED) is 0.906. The summed E-state index contributed by atoms with van der Waals surface area (Å²) in [5.74, 6) is 2.85. The number of aromatic nitrogens is 2. The van der Waals surface area contributed by atoms with Crippen LogP contribution in [0.4, 0.5) is 5.82 Å². The summed E-state index contributed by atoms with van der Waals surface area (Å²) in [5.41, 5.74) is 8.45. The molecule has 2 unspecified atom stereocenters. The lowest BCUT2D eigenvalue weighted by molar-refractivity contribution is 0.422. The number of nitrogens with zero attached hydrogens (tertiary/aromatic N) is 3. The predicted molar refractivity (Wildman–Crippen MR) is 80.5 cm³/mol. The molecule has 1 fully saturated rings. The van der Waals surface area contributed by atoms with Crippen LogP contribution in [0.15, 0.2) is 0 Å². The van der Waals surface area contributed by atoms with Crippen molar-refractivity contribution in [1.29, 1.82) is 0 Å². The van der Waals surface area contributed by atoms with Gasteiger partial charge in [-0.25, -0.2) is 0 Å². The molecule has 0 aliphatic carbocycles. The van der Waals surface area contributed by atoms with Crippen LogP contribution in [0.3, 0.4) is 0 Å². The number of aryl methyl sites for hydroxylation is 2. The molecule has 4 nitrogen and oxygen atoms in total. The molecule has 19 heavy (non-hydrogen) atoms. The Morgan fingerprint density at radius 2 is 2.05 bits per heavy atom. The highest BCUT2D eigenvalue weighted by Crippen LogP contribution is 2.31. The van der Waals surface area contributed by atoms with Crippen molar-refractivity contribution in [3.05, 3.63) is 11.3 Å². The molecule has 1 saturated heterocycles. The summed E-state index contributed by atoms with van der Waals surface area (Å²) < 4.78 is 2.04. The zero-order valence-corrected chi connectivity index (χ0v) is 13.0. The van der Waals surface area contributed by atoms with Gasteiger partial charge >= 0.3 is 0 Å². The van der Waals surface area contributed by atoms with Crippen LogP contribution in [0, 0.1) is 18.8 Å². The summed E-state index contributed by atoms with van der Waals surface area (Å²) in [7, 11) is 2.05. The second kappa shape index (κ2) is 5.53. The van der Waals surface area contributed by atoms with Crippen LogP contribution in [0.25, 0.3) is 0 Å². The first kappa shape index (κ1) is 14.4. The Balaban J connectivity index is 2.25. The Bertz CT molecular complexity index is 434. The van der Waals surface area contributed by atoms with Crippen molar-refractivity contribution >= 4 is 5.82 Å². The summed E-state index contributed by atoms with van der Waals surface area (Å²) in [5, 5.41) is 4.60. The minimum atomic E-state index is 0.185. The Hall–Kier alpha value is -1.03. The zero-order valence-electron chi connectivity index (χ0n) is 13.0. The topological polar surface area (TPSA) is 47.1 Å². The number of nitrogens with two attached hydrogens (primary N) is 1. The van der Waals surface area contributed by atoms with Gasteiger partial charge in [0, 0.05) is 31.7 Å². The van der Waals surface area contributed by atoms with Gasteiger partial charge in [-0.05, 0) is 38.5 Å². The molecule has 0 bridgehead atoms. The van der Waals surface area contributed by atoms with E-state index in [4.69, 9.17) is 5.73 Å². The Kier molecular flexibility index (Phi) is 4.19.